The van der Waals surface area contributed by atoms with Gasteiger partial charge in [-0.15, -0.1) is 0 Å². The standard InChI is InChI=1S/C15H20F4N2/c1-11-2-3-12(13(16)10-11)14(4-5-15(17,18)19)21-8-6-20-7-9-21/h2-3,10,14,20H,4-9H2,1H3/t14-/m0/s1. The van der Waals surface area contributed by atoms with Crippen LogP contribution >= 0.6 is 0 Å². The van der Waals surface area contributed by atoms with Crippen LogP contribution in [0.25, 0.3) is 0 Å². The van der Waals surface area contributed by atoms with E-state index in [2.05, 4.69) is 5.32 Å². The zero-order valence-electron chi connectivity index (χ0n) is 12.0. The van der Waals surface area contributed by atoms with E-state index in [4.69, 9.17) is 0 Å². The summed E-state index contributed by atoms with van der Waals surface area (Å²) in [5.74, 6) is -0.416. The van der Waals surface area contributed by atoms with Crippen LogP contribution in [0.1, 0.15) is 30.0 Å². The molecule has 1 aliphatic rings. The molecule has 2 nitrogen and oxygen atoms in total. The summed E-state index contributed by atoms with van der Waals surface area (Å²) < 4.78 is 51.8. The number of nitrogens with one attached hydrogen (secondary N) is 1. The first-order valence-electron chi connectivity index (χ1n) is 7.14. The Labute approximate surface area is 122 Å². The summed E-state index contributed by atoms with van der Waals surface area (Å²) in [6.45, 7) is 4.47. The average Bonchev–Trinajstić information content (AvgIpc) is 2.41. The zero-order valence-corrected chi connectivity index (χ0v) is 12.0. The Kier molecular flexibility index (Phi) is 5.22. The van der Waals surface area contributed by atoms with Crippen molar-refractivity contribution < 1.29 is 17.6 Å². The highest BCUT2D eigenvalue weighted by Gasteiger charge is 2.32. The van der Waals surface area contributed by atoms with Crippen molar-refractivity contribution >= 4 is 0 Å². The molecule has 0 unspecified atom stereocenters. The lowest BCUT2D eigenvalue weighted by Crippen LogP contribution is -2.45. The zero-order chi connectivity index (χ0) is 15.5. The SMILES string of the molecule is Cc1ccc([C@H](CCC(F)(F)F)N2CCNCC2)c(F)c1. The first-order chi connectivity index (χ1) is 9.87. The van der Waals surface area contributed by atoms with Crippen LogP contribution in [0.2, 0.25) is 0 Å². The van der Waals surface area contributed by atoms with E-state index in [1.807, 2.05) is 4.90 Å². The molecular weight excluding hydrogens is 284 g/mol. The van der Waals surface area contributed by atoms with Crippen molar-refractivity contribution in [2.24, 2.45) is 0 Å². The Balaban J connectivity index is 2.21. The van der Waals surface area contributed by atoms with Gasteiger partial charge in [0.1, 0.15) is 5.82 Å². The summed E-state index contributed by atoms with van der Waals surface area (Å²) in [5, 5.41) is 3.16. The van der Waals surface area contributed by atoms with Crippen LogP contribution in [0, 0.1) is 12.7 Å². The number of alkyl halides is 3. The second kappa shape index (κ2) is 6.75. The Hall–Kier alpha value is -1.14. The van der Waals surface area contributed by atoms with Gasteiger partial charge in [0.2, 0.25) is 0 Å². The minimum atomic E-state index is -4.21. The molecule has 1 saturated heterocycles. The molecule has 1 atom stereocenters. The van der Waals surface area contributed by atoms with Crippen LogP contribution in [0.15, 0.2) is 18.2 Å². The van der Waals surface area contributed by atoms with Crippen LogP contribution in [-0.2, 0) is 0 Å². The Morgan fingerprint density at radius 1 is 1.24 bits per heavy atom. The van der Waals surface area contributed by atoms with Gasteiger partial charge in [-0.25, -0.2) is 4.39 Å². The third-order valence-corrected chi connectivity index (χ3v) is 3.81. The van der Waals surface area contributed by atoms with E-state index in [0.29, 0.717) is 18.7 Å². The normalized spacial score (nSPS) is 18.7. The average molecular weight is 304 g/mol. The number of rotatable bonds is 4. The van der Waals surface area contributed by atoms with Crippen molar-refractivity contribution in [3.05, 3.63) is 35.1 Å². The number of hydrogen-bond donors (Lipinski definition) is 1. The molecule has 1 aromatic rings. The van der Waals surface area contributed by atoms with E-state index in [9.17, 15) is 17.6 Å². The van der Waals surface area contributed by atoms with Crippen molar-refractivity contribution in [1.82, 2.24) is 10.2 Å². The van der Waals surface area contributed by atoms with E-state index >= 15 is 0 Å². The van der Waals surface area contributed by atoms with Crippen LogP contribution in [0.5, 0.6) is 0 Å². The number of hydrogen-bond acceptors (Lipinski definition) is 2. The van der Waals surface area contributed by atoms with E-state index in [0.717, 1.165) is 18.7 Å². The van der Waals surface area contributed by atoms with Gasteiger partial charge in [-0.2, -0.15) is 13.2 Å². The van der Waals surface area contributed by atoms with E-state index < -0.39 is 24.5 Å². The van der Waals surface area contributed by atoms with Crippen LogP contribution in [0.3, 0.4) is 0 Å². The second-order valence-corrected chi connectivity index (χ2v) is 5.48. The molecule has 1 N–H and O–H groups in total. The van der Waals surface area contributed by atoms with Crippen LogP contribution in [-0.4, -0.2) is 37.3 Å². The van der Waals surface area contributed by atoms with Crippen LogP contribution < -0.4 is 5.32 Å². The molecule has 21 heavy (non-hydrogen) atoms. The molecule has 0 spiro atoms. The van der Waals surface area contributed by atoms with Gasteiger partial charge in [0.05, 0.1) is 0 Å². The van der Waals surface area contributed by atoms with Crippen molar-refractivity contribution in [1.29, 1.82) is 0 Å². The number of halogens is 4. The molecule has 2 rings (SSSR count). The van der Waals surface area contributed by atoms with Gasteiger partial charge in [0.15, 0.2) is 0 Å². The fourth-order valence-electron chi connectivity index (χ4n) is 2.73. The van der Waals surface area contributed by atoms with Gasteiger partial charge in [-0.1, -0.05) is 12.1 Å². The van der Waals surface area contributed by atoms with Gasteiger partial charge in [-0.05, 0) is 25.0 Å². The lowest BCUT2D eigenvalue weighted by molar-refractivity contribution is -0.138. The second-order valence-electron chi connectivity index (χ2n) is 5.48. The number of piperazine rings is 1. The molecule has 0 aromatic heterocycles. The molecule has 0 radical (unpaired) electrons. The third kappa shape index (κ3) is 4.68. The van der Waals surface area contributed by atoms with Gasteiger partial charge in [0.25, 0.3) is 0 Å². The topological polar surface area (TPSA) is 15.3 Å². The highest BCUT2D eigenvalue weighted by atomic mass is 19.4. The molecule has 0 amide bonds. The van der Waals surface area contributed by atoms with Gasteiger partial charge < -0.3 is 5.32 Å². The third-order valence-electron chi connectivity index (χ3n) is 3.81. The lowest BCUT2D eigenvalue weighted by Gasteiger charge is -2.35. The monoisotopic (exact) mass is 304 g/mol. The van der Waals surface area contributed by atoms with Gasteiger partial charge in [-0.3, -0.25) is 4.90 Å². The van der Waals surface area contributed by atoms with Crippen molar-refractivity contribution in [3.8, 4) is 0 Å². The summed E-state index contributed by atoms with van der Waals surface area (Å²) in [5.41, 5.74) is 1.14. The molecule has 0 bridgehead atoms. The quantitative estimate of drug-likeness (QED) is 0.858. The smallest absolute Gasteiger partial charge is 0.314 e. The summed E-state index contributed by atoms with van der Waals surface area (Å²) in [4.78, 5) is 1.94. The molecule has 1 heterocycles. The summed E-state index contributed by atoms with van der Waals surface area (Å²) in [6, 6.07) is 4.24. The van der Waals surface area contributed by atoms with E-state index in [1.165, 1.54) is 6.07 Å². The molecule has 0 aliphatic carbocycles. The van der Waals surface area contributed by atoms with E-state index in [-0.39, 0.29) is 6.42 Å². The molecular formula is C15H20F4N2. The summed E-state index contributed by atoms with van der Waals surface area (Å²) >= 11 is 0. The molecule has 118 valence electrons. The van der Waals surface area contributed by atoms with Crippen molar-refractivity contribution in [3.63, 3.8) is 0 Å². The maximum atomic E-state index is 14.2. The molecule has 6 heteroatoms. The maximum Gasteiger partial charge on any atom is 0.389 e. The number of nitrogens with zero attached hydrogens (tertiary/aromatic N) is 1. The van der Waals surface area contributed by atoms with Crippen molar-refractivity contribution in [2.75, 3.05) is 26.2 Å². The lowest BCUT2D eigenvalue weighted by atomic mass is 9.97. The first-order valence-corrected chi connectivity index (χ1v) is 7.14. The first kappa shape index (κ1) is 16.2. The van der Waals surface area contributed by atoms with Gasteiger partial charge >= 0.3 is 6.18 Å². The van der Waals surface area contributed by atoms with Gasteiger partial charge in [0, 0.05) is 44.2 Å². The largest absolute Gasteiger partial charge is 0.389 e. The molecule has 1 fully saturated rings. The summed E-state index contributed by atoms with van der Waals surface area (Å²) in [7, 11) is 0. The Bertz CT molecular complexity index is 467. The molecule has 1 aliphatic heterocycles. The highest BCUT2D eigenvalue weighted by Crippen LogP contribution is 2.33. The Morgan fingerprint density at radius 3 is 2.48 bits per heavy atom. The molecule has 0 saturated carbocycles. The highest BCUT2D eigenvalue weighted by molar-refractivity contribution is 5.26. The number of benzene rings is 1. The minimum Gasteiger partial charge on any atom is -0.314 e. The maximum absolute atomic E-state index is 14.2. The number of aryl methyl sites for hydroxylation is 1. The predicted molar refractivity (Wildman–Crippen MR) is 73.6 cm³/mol. The van der Waals surface area contributed by atoms with Crippen molar-refractivity contribution in [2.45, 2.75) is 32.0 Å². The fourth-order valence-corrected chi connectivity index (χ4v) is 2.73. The summed E-state index contributed by atoms with van der Waals surface area (Å²) in [6.07, 6.45) is -5.22. The Morgan fingerprint density at radius 2 is 1.90 bits per heavy atom. The predicted octanol–water partition coefficient (Wildman–Crippen LogP) is 3.42. The molecule has 1 aromatic carbocycles. The minimum absolute atomic E-state index is 0.108. The van der Waals surface area contributed by atoms with Crippen LogP contribution in [0.4, 0.5) is 17.6 Å². The fraction of sp³-hybridized carbons (Fsp3) is 0.600. The van der Waals surface area contributed by atoms with E-state index in [1.54, 1.807) is 19.1 Å².